The maximum atomic E-state index is 10.9. The van der Waals surface area contributed by atoms with Crippen LogP contribution in [0.25, 0.3) is 0 Å². The fourth-order valence-corrected chi connectivity index (χ4v) is 23.5. The van der Waals surface area contributed by atoms with E-state index < -0.39 is 0 Å². The minimum atomic E-state index is -0.147. The van der Waals surface area contributed by atoms with Gasteiger partial charge in [-0.25, -0.2) is 0 Å². The van der Waals surface area contributed by atoms with E-state index in [1.807, 2.05) is 0 Å². The van der Waals surface area contributed by atoms with Crippen molar-refractivity contribution in [1.29, 1.82) is 0 Å². The van der Waals surface area contributed by atoms with Gasteiger partial charge in [0.05, 0.1) is 12.2 Å². The normalized spacial score (nSPS) is 55.0. The summed E-state index contributed by atoms with van der Waals surface area (Å²) in [6.45, 7) is 40.6. The smallest absolute Gasteiger partial charge is 0.0594 e. The van der Waals surface area contributed by atoms with Crippen LogP contribution in [0, 0.1) is 113 Å². The summed E-state index contributed by atoms with van der Waals surface area (Å²) in [5.74, 6) is 7.17. The molecule has 0 aliphatic heterocycles. The van der Waals surface area contributed by atoms with Crippen molar-refractivity contribution in [3.05, 3.63) is 24.3 Å². The Morgan fingerprint density at radius 2 is 0.864 bits per heavy atom. The molecule has 10 saturated carbocycles. The van der Waals surface area contributed by atoms with Crippen molar-refractivity contribution in [2.75, 3.05) is 20.2 Å². The predicted octanol–water partition coefficient (Wildman–Crippen LogP) is 14.2. The summed E-state index contributed by atoms with van der Waals surface area (Å²) in [5.41, 5.74) is 5.84. The summed E-state index contributed by atoms with van der Waals surface area (Å²) >= 11 is 0. The Morgan fingerprint density at radius 3 is 1.26 bits per heavy atom. The molecule has 0 aromatic rings. The van der Waals surface area contributed by atoms with E-state index in [-0.39, 0.29) is 47.9 Å². The molecule has 10 aliphatic carbocycles. The predicted molar refractivity (Wildman–Crippen MR) is 271 cm³/mol. The fraction of sp³-hybridized carbons (Fsp3) is 0.934. The Balaban J connectivity index is 0.000000177. The van der Waals surface area contributed by atoms with Crippen LogP contribution in [0.5, 0.6) is 0 Å². The summed E-state index contributed by atoms with van der Waals surface area (Å²) in [6.07, 6.45) is 25.4. The molecule has 20 atom stereocenters. The molecule has 10 fully saturated rings. The van der Waals surface area contributed by atoms with E-state index in [0.29, 0.717) is 68.2 Å². The SMILES string of the molecule is C=C(C)[C@@H]1CC[C@]2(CNC)CC[C@]3(C)C(CCC4[C@@]5(C)CC[C@H](O)C(C)(C)C5CC[C@]43C)C12.C=C(C)[C@@H]1CC[C@]2(CO)CC[C@]3(C)C(CCC4[C@@]5(C)CC[C@H](O)C(C)(C)C5CC[C@]43C)C12.[Rh]. The van der Waals surface area contributed by atoms with Crippen LogP contribution in [0.3, 0.4) is 0 Å². The van der Waals surface area contributed by atoms with Gasteiger partial charge in [-0.15, -0.1) is 0 Å². The Labute approximate surface area is 419 Å². The molecule has 66 heavy (non-hydrogen) atoms. The fourth-order valence-electron chi connectivity index (χ4n) is 23.5. The van der Waals surface area contributed by atoms with Crippen LogP contribution in [0.1, 0.15) is 212 Å². The topological polar surface area (TPSA) is 72.7 Å². The van der Waals surface area contributed by atoms with E-state index in [1.54, 1.807) is 0 Å². The van der Waals surface area contributed by atoms with Gasteiger partial charge in [0.15, 0.2) is 0 Å². The van der Waals surface area contributed by atoms with Crippen LogP contribution in [0.15, 0.2) is 24.3 Å². The number of nitrogens with one attached hydrogen (secondary N) is 1. The molecule has 5 heteroatoms. The van der Waals surface area contributed by atoms with Crippen LogP contribution in [-0.2, 0) is 19.5 Å². The van der Waals surface area contributed by atoms with Crippen molar-refractivity contribution >= 4 is 0 Å². The minimum Gasteiger partial charge on any atom is -0.396 e. The maximum Gasteiger partial charge on any atom is 0.0594 e. The zero-order chi connectivity index (χ0) is 47.3. The van der Waals surface area contributed by atoms with Gasteiger partial charge in [-0.1, -0.05) is 93.5 Å². The van der Waals surface area contributed by atoms with Crippen LogP contribution < -0.4 is 5.32 Å². The minimum absolute atomic E-state index is 0. The molecule has 4 N–H and O–H groups in total. The molecule has 4 nitrogen and oxygen atoms in total. The molecule has 0 saturated heterocycles. The van der Waals surface area contributed by atoms with Crippen molar-refractivity contribution < 1.29 is 34.8 Å². The van der Waals surface area contributed by atoms with Gasteiger partial charge >= 0.3 is 0 Å². The van der Waals surface area contributed by atoms with Gasteiger partial charge in [-0.2, -0.15) is 0 Å². The molecule has 0 spiro atoms. The van der Waals surface area contributed by atoms with E-state index in [4.69, 9.17) is 0 Å². The second kappa shape index (κ2) is 17.0. The molecule has 10 rings (SSSR count). The molecular weight excluding hydrogens is 898 g/mol. The van der Waals surface area contributed by atoms with E-state index in [1.165, 1.54) is 133 Å². The first kappa shape index (κ1) is 52.3. The van der Waals surface area contributed by atoms with Crippen molar-refractivity contribution in [2.24, 2.45) is 113 Å². The molecule has 10 aliphatic rings. The van der Waals surface area contributed by atoms with Gasteiger partial charge in [0.1, 0.15) is 0 Å². The molecule has 8 unspecified atom stereocenters. The summed E-state index contributed by atoms with van der Waals surface area (Å²) in [7, 11) is 2.17. The van der Waals surface area contributed by atoms with Gasteiger partial charge in [0.25, 0.3) is 0 Å². The van der Waals surface area contributed by atoms with Crippen LogP contribution in [-0.4, -0.2) is 47.7 Å². The van der Waals surface area contributed by atoms with E-state index in [2.05, 4.69) is 109 Å². The van der Waals surface area contributed by atoms with Gasteiger partial charge in [-0.3, -0.25) is 0 Å². The largest absolute Gasteiger partial charge is 0.396 e. The summed E-state index contributed by atoms with van der Waals surface area (Å²) in [4.78, 5) is 0. The molecule has 0 aromatic heterocycles. The van der Waals surface area contributed by atoms with Gasteiger partial charge < -0.3 is 20.6 Å². The summed E-state index contributed by atoms with van der Waals surface area (Å²) in [6, 6.07) is 0. The number of allylic oxidation sites excluding steroid dienone is 2. The maximum absolute atomic E-state index is 10.9. The van der Waals surface area contributed by atoms with Gasteiger partial charge in [0.2, 0.25) is 0 Å². The molecule has 1 radical (unpaired) electrons. The van der Waals surface area contributed by atoms with Crippen molar-refractivity contribution in [2.45, 2.75) is 224 Å². The number of hydrogen-bond acceptors (Lipinski definition) is 4. The van der Waals surface area contributed by atoms with Crippen LogP contribution >= 0.6 is 0 Å². The monoisotopic (exact) mass is 1000 g/mol. The number of fused-ring (bicyclic) bond motifs is 14. The molecular formula is C61H103NO3Rh. The average Bonchev–Trinajstić information content (AvgIpc) is 3.82. The number of hydrogen-bond donors (Lipinski definition) is 4. The standard InChI is InChI=1S/C31H53NO.C30H50O2.Rh/c1-20(2)21-11-16-31(19-32-8)18-17-29(6)22(26(21)31)9-10-24-28(5)14-13-25(33)27(3,4)23(28)12-15-30(24,29)7;1-19(2)20-10-15-30(18-31)17-16-28(6)21(25(20)30)8-9-23-27(5)13-12-24(32)26(3,4)22(27)11-14-29(23,28)7;/h21-26,32-33H,1,9-19H2,2-8H3;20-25,31-32H,1,8-18H2,2-7H3;/t21-,22?,23?,24?,25-,26?,28-,29+,30+,31+;20-,21?,22?,23?,24-,25?,27-,28+,29+,30+;/m00./s1. The molecule has 0 aromatic carbocycles. The second-order valence-electron chi connectivity index (χ2n) is 29.5. The third-order valence-electron chi connectivity index (χ3n) is 27.3. The molecule has 0 amide bonds. The van der Waals surface area contributed by atoms with Crippen molar-refractivity contribution in [3.8, 4) is 0 Å². The number of aliphatic hydroxyl groups excluding tert-OH is 3. The van der Waals surface area contributed by atoms with E-state index in [9.17, 15) is 15.3 Å². The van der Waals surface area contributed by atoms with E-state index in [0.717, 1.165) is 48.3 Å². The molecule has 379 valence electrons. The average molecular weight is 1000 g/mol. The zero-order valence-corrected chi connectivity index (χ0v) is 46.7. The third kappa shape index (κ3) is 6.81. The number of aliphatic hydroxyl groups is 3. The van der Waals surface area contributed by atoms with Crippen LogP contribution in [0.4, 0.5) is 0 Å². The van der Waals surface area contributed by atoms with Crippen LogP contribution in [0.2, 0.25) is 0 Å². The quantitative estimate of drug-likeness (QED) is 0.164. The Hall–Kier alpha value is -0.0566. The Bertz CT molecular complexity index is 1860. The Kier molecular flexibility index (Phi) is 13.5. The first-order valence-corrected chi connectivity index (χ1v) is 28.2. The van der Waals surface area contributed by atoms with Crippen molar-refractivity contribution in [1.82, 2.24) is 5.32 Å². The zero-order valence-electron chi connectivity index (χ0n) is 45.1. The second-order valence-corrected chi connectivity index (χ2v) is 29.5. The first-order valence-electron chi connectivity index (χ1n) is 28.2. The van der Waals surface area contributed by atoms with Crippen molar-refractivity contribution in [3.63, 3.8) is 0 Å². The molecule has 0 bridgehead atoms. The first-order chi connectivity index (χ1) is 30.2. The van der Waals surface area contributed by atoms with Gasteiger partial charge in [-0.05, 0) is 263 Å². The summed E-state index contributed by atoms with van der Waals surface area (Å²) < 4.78 is 0. The Morgan fingerprint density at radius 1 is 0.470 bits per heavy atom. The summed E-state index contributed by atoms with van der Waals surface area (Å²) in [5, 5.41) is 36.1. The third-order valence-corrected chi connectivity index (χ3v) is 27.3. The van der Waals surface area contributed by atoms with Gasteiger partial charge in [0, 0.05) is 32.6 Å². The van der Waals surface area contributed by atoms with E-state index >= 15 is 0 Å². The molecule has 0 heterocycles. The number of rotatable bonds is 5.